The normalized spacial score (nSPS) is 11.9. The van der Waals surface area contributed by atoms with E-state index in [1.807, 2.05) is 30.3 Å². The number of rotatable bonds is 9. The first kappa shape index (κ1) is 16.3. The maximum absolute atomic E-state index is 11.5. The van der Waals surface area contributed by atoms with E-state index in [0.29, 0.717) is 6.61 Å². The van der Waals surface area contributed by atoms with Gasteiger partial charge in [0, 0.05) is 6.42 Å². The zero-order valence-electron chi connectivity index (χ0n) is 11.6. The van der Waals surface area contributed by atoms with Gasteiger partial charge in [-0.05, 0) is 12.5 Å². The maximum Gasteiger partial charge on any atom is 0.308 e. The number of ketones is 1. The van der Waals surface area contributed by atoms with Gasteiger partial charge in [0.05, 0.1) is 25.7 Å². The summed E-state index contributed by atoms with van der Waals surface area (Å²) in [5, 5.41) is 9.56. The molecule has 0 aromatic heterocycles. The third kappa shape index (κ3) is 7.01. The van der Waals surface area contributed by atoms with Crippen molar-refractivity contribution in [1.82, 2.24) is 0 Å². The van der Waals surface area contributed by atoms with Gasteiger partial charge in [-0.2, -0.15) is 0 Å². The first-order chi connectivity index (χ1) is 9.61. The van der Waals surface area contributed by atoms with Crippen molar-refractivity contribution in [2.75, 3.05) is 13.2 Å². The minimum atomic E-state index is -1.01. The average Bonchev–Trinajstić information content (AvgIpc) is 2.39. The van der Waals surface area contributed by atoms with Crippen molar-refractivity contribution in [2.45, 2.75) is 32.5 Å². The highest BCUT2D eigenvalue weighted by Gasteiger charge is 2.15. The van der Waals surface area contributed by atoms with Crippen LogP contribution in [-0.2, 0) is 25.7 Å². The number of ether oxygens (including phenoxy) is 2. The number of benzene rings is 1. The molecule has 1 N–H and O–H groups in total. The Morgan fingerprint density at radius 1 is 1.20 bits per heavy atom. The molecular formula is C15H20O5. The van der Waals surface area contributed by atoms with Crippen LogP contribution in [0, 0.1) is 0 Å². The Labute approximate surface area is 118 Å². The molecule has 20 heavy (non-hydrogen) atoms. The summed E-state index contributed by atoms with van der Waals surface area (Å²) in [4.78, 5) is 22.7. The molecule has 0 bridgehead atoms. The van der Waals surface area contributed by atoms with Crippen molar-refractivity contribution in [3.8, 4) is 0 Å². The summed E-state index contributed by atoms with van der Waals surface area (Å²) in [5.41, 5.74) is 0.979. The lowest BCUT2D eigenvalue weighted by atomic mass is 10.1. The van der Waals surface area contributed by atoms with Crippen molar-refractivity contribution in [1.29, 1.82) is 0 Å². The quantitative estimate of drug-likeness (QED) is 0.694. The third-order valence-corrected chi connectivity index (χ3v) is 2.55. The highest BCUT2D eigenvalue weighted by molar-refractivity contribution is 5.81. The van der Waals surface area contributed by atoms with Gasteiger partial charge in [-0.3, -0.25) is 9.59 Å². The summed E-state index contributed by atoms with van der Waals surface area (Å²) in [7, 11) is 0. The summed E-state index contributed by atoms with van der Waals surface area (Å²) in [6.07, 6.45) is -1.28. The lowest BCUT2D eigenvalue weighted by Gasteiger charge is -2.09. The predicted octanol–water partition coefficient (Wildman–Crippen LogP) is 1.48. The molecule has 5 nitrogen and oxygen atoms in total. The summed E-state index contributed by atoms with van der Waals surface area (Å²) in [6.45, 7) is 2.22. The van der Waals surface area contributed by atoms with Gasteiger partial charge in [-0.25, -0.2) is 0 Å². The van der Waals surface area contributed by atoms with Crippen molar-refractivity contribution in [3.05, 3.63) is 35.9 Å². The molecule has 0 radical (unpaired) electrons. The van der Waals surface area contributed by atoms with Crippen molar-refractivity contribution >= 4 is 11.8 Å². The Morgan fingerprint density at radius 2 is 1.90 bits per heavy atom. The largest absolute Gasteiger partial charge is 0.466 e. The zero-order chi connectivity index (χ0) is 14.8. The van der Waals surface area contributed by atoms with Crippen LogP contribution in [0.15, 0.2) is 30.3 Å². The Hall–Kier alpha value is -1.72. The van der Waals surface area contributed by atoms with Crippen molar-refractivity contribution < 1.29 is 24.2 Å². The van der Waals surface area contributed by atoms with Gasteiger partial charge in [-0.1, -0.05) is 30.3 Å². The second-order valence-corrected chi connectivity index (χ2v) is 4.38. The summed E-state index contributed by atoms with van der Waals surface area (Å²) >= 11 is 0. The molecule has 0 amide bonds. The van der Waals surface area contributed by atoms with Gasteiger partial charge in [0.1, 0.15) is 6.61 Å². The third-order valence-electron chi connectivity index (χ3n) is 2.55. The van der Waals surface area contributed by atoms with Crippen LogP contribution in [0.25, 0.3) is 0 Å². The monoisotopic (exact) mass is 280 g/mol. The first-order valence-electron chi connectivity index (χ1n) is 6.59. The highest BCUT2D eigenvalue weighted by Crippen LogP contribution is 2.04. The zero-order valence-corrected chi connectivity index (χ0v) is 11.6. The van der Waals surface area contributed by atoms with Crippen LogP contribution in [0.1, 0.15) is 25.3 Å². The van der Waals surface area contributed by atoms with Gasteiger partial charge in [0.25, 0.3) is 0 Å². The summed E-state index contributed by atoms with van der Waals surface area (Å²) in [5.74, 6) is -0.740. The van der Waals surface area contributed by atoms with E-state index in [4.69, 9.17) is 9.47 Å². The number of Topliss-reactive ketones (excluding diaryl/α,β-unsaturated/α-hetero) is 1. The van der Waals surface area contributed by atoms with Crippen LogP contribution in [-0.4, -0.2) is 36.2 Å². The van der Waals surface area contributed by atoms with E-state index in [1.165, 1.54) is 0 Å². The number of esters is 1. The molecule has 1 atom stereocenters. The molecular weight excluding hydrogens is 260 g/mol. The fraction of sp³-hybridized carbons (Fsp3) is 0.467. The fourth-order valence-corrected chi connectivity index (χ4v) is 1.66. The smallest absolute Gasteiger partial charge is 0.308 e. The maximum atomic E-state index is 11.5. The topological polar surface area (TPSA) is 72.8 Å². The van der Waals surface area contributed by atoms with Gasteiger partial charge in [0.2, 0.25) is 0 Å². The second kappa shape index (κ2) is 9.23. The van der Waals surface area contributed by atoms with Crippen molar-refractivity contribution in [2.24, 2.45) is 0 Å². The molecule has 0 aliphatic heterocycles. The number of hydrogen-bond donors (Lipinski definition) is 1. The van der Waals surface area contributed by atoms with Crippen LogP contribution >= 0.6 is 0 Å². The minimum Gasteiger partial charge on any atom is -0.466 e. The van der Waals surface area contributed by atoms with E-state index < -0.39 is 12.1 Å². The Bertz CT molecular complexity index is 416. The van der Waals surface area contributed by atoms with E-state index in [1.54, 1.807) is 6.92 Å². The van der Waals surface area contributed by atoms with E-state index in [0.717, 1.165) is 5.56 Å². The van der Waals surface area contributed by atoms with Crippen LogP contribution in [0.2, 0.25) is 0 Å². The van der Waals surface area contributed by atoms with Gasteiger partial charge in [-0.15, -0.1) is 0 Å². The minimum absolute atomic E-state index is 0.0746. The molecule has 110 valence electrons. The van der Waals surface area contributed by atoms with Crippen molar-refractivity contribution in [3.63, 3.8) is 0 Å². The van der Waals surface area contributed by atoms with E-state index in [9.17, 15) is 14.7 Å². The molecule has 0 spiro atoms. The number of carbonyl (C=O) groups excluding carboxylic acids is 2. The van der Waals surface area contributed by atoms with E-state index >= 15 is 0 Å². The number of carbonyl (C=O) groups is 2. The van der Waals surface area contributed by atoms with Crippen LogP contribution in [0.5, 0.6) is 0 Å². The SMILES string of the molecule is CCOC(=O)C[C@H](O)CC(=O)COCc1ccccc1. The molecule has 0 aliphatic carbocycles. The molecule has 0 aliphatic rings. The fourth-order valence-electron chi connectivity index (χ4n) is 1.66. The van der Waals surface area contributed by atoms with E-state index in [2.05, 4.69) is 0 Å². The molecule has 1 rings (SSSR count). The highest BCUT2D eigenvalue weighted by atomic mass is 16.5. The molecule has 0 saturated heterocycles. The predicted molar refractivity (Wildman–Crippen MR) is 73.0 cm³/mol. The van der Waals surface area contributed by atoms with Crippen LogP contribution in [0.3, 0.4) is 0 Å². The Kier molecular flexibility index (Phi) is 7.54. The van der Waals surface area contributed by atoms with Gasteiger partial charge >= 0.3 is 5.97 Å². The summed E-state index contributed by atoms with van der Waals surface area (Å²) in [6, 6.07) is 9.49. The Balaban J connectivity index is 2.18. The average molecular weight is 280 g/mol. The lowest BCUT2D eigenvalue weighted by molar-refractivity contribution is -0.145. The molecule has 1 aromatic rings. The number of aliphatic hydroxyl groups is 1. The molecule has 0 fully saturated rings. The van der Waals surface area contributed by atoms with Crippen LogP contribution < -0.4 is 0 Å². The second-order valence-electron chi connectivity index (χ2n) is 4.38. The molecule has 5 heteroatoms. The molecule has 0 saturated carbocycles. The van der Waals surface area contributed by atoms with Crippen LogP contribution in [0.4, 0.5) is 0 Å². The van der Waals surface area contributed by atoms with E-state index in [-0.39, 0.29) is 31.8 Å². The van der Waals surface area contributed by atoms with Gasteiger partial charge in [0.15, 0.2) is 5.78 Å². The molecule has 0 unspecified atom stereocenters. The lowest BCUT2D eigenvalue weighted by Crippen LogP contribution is -2.21. The first-order valence-corrected chi connectivity index (χ1v) is 6.59. The summed E-state index contributed by atoms with van der Waals surface area (Å²) < 4.78 is 9.95. The molecule has 1 aromatic carbocycles. The number of hydrogen-bond acceptors (Lipinski definition) is 5. The van der Waals surface area contributed by atoms with Gasteiger partial charge < -0.3 is 14.6 Å². The standard InChI is InChI=1S/C15H20O5/c1-2-20-15(18)9-13(16)8-14(17)11-19-10-12-6-4-3-5-7-12/h3-7,13,16H,2,8-11H2,1H3/t13-/m1/s1. The number of aliphatic hydroxyl groups excluding tert-OH is 1. The Morgan fingerprint density at radius 3 is 2.55 bits per heavy atom. The molecule has 0 heterocycles.